The Bertz CT molecular complexity index is 1600. The molecule has 7 nitrogen and oxygen atoms in total. The van der Waals surface area contributed by atoms with Crippen LogP contribution in [0.15, 0.2) is 79.1 Å². The van der Waals surface area contributed by atoms with Crippen LogP contribution in [0.5, 0.6) is 5.75 Å². The minimum Gasteiger partial charge on any atom is -0.406 e. The Morgan fingerprint density at radius 3 is 2.44 bits per heavy atom. The van der Waals surface area contributed by atoms with Gasteiger partial charge in [0, 0.05) is 42.0 Å². The van der Waals surface area contributed by atoms with E-state index < -0.39 is 17.9 Å². The van der Waals surface area contributed by atoms with Crippen molar-refractivity contribution >= 4 is 16.9 Å². The van der Waals surface area contributed by atoms with E-state index in [1.807, 2.05) is 0 Å². The summed E-state index contributed by atoms with van der Waals surface area (Å²) in [4.78, 5) is 29.3. The lowest BCUT2D eigenvalue weighted by atomic mass is 10.0. The number of rotatable bonds is 8. The van der Waals surface area contributed by atoms with Crippen LogP contribution in [0.25, 0.3) is 33.5 Å². The van der Waals surface area contributed by atoms with Crippen molar-refractivity contribution in [1.29, 1.82) is 0 Å². The molecule has 0 aliphatic carbocycles. The molecular weight excluding hydrogens is 514 g/mol. The first-order valence-corrected chi connectivity index (χ1v) is 12.0. The van der Waals surface area contributed by atoms with Gasteiger partial charge < -0.3 is 15.0 Å². The molecule has 0 radical (unpaired) electrons. The standard InChI is InChI=1S/C28H21F4N5O2/c29-20-9-6-17(7-10-20)25-26(18-3-1-4-21(15-18)39-28(30,31)32)37-23-16-19(8-11-22(23)36-25)27(38)35-12-2-5-24-33-13-14-34-24/h1,3-4,6-11,13-16H,2,5,12H2,(H,33,34)(H,35,38). The molecule has 0 fully saturated rings. The van der Waals surface area contributed by atoms with Crippen LogP contribution in [0.3, 0.4) is 0 Å². The van der Waals surface area contributed by atoms with E-state index in [1.165, 1.54) is 42.5 Å². The molecular formula is C28H21F4N5O2. The van der Waals surface area contributed by atoms with Crippen molar-refractivity contribution in [3.8, 4) is 28.3 Å². The van der Waals surface area contributed by atoms with E-state index in [1.54, 1.807) is 36.7 Å². The van der Waals surface area contributed by atoms with Crippen LogP contribution < -0.4 is 10.1 Å². The minimum absolute atomic E-state index is 0.248. The van der Waals surface area contributed by atoms with Gasteiger partial charge in [0.15, 0.2) is 0 Å². The number of imidazole rings is 1. The number of ether oxygens (including phenoxy) is 1. The molecule has 2 N–H and O–H groups in total. The first kappa shape index (κ1) is 25.8. The van der Waals surface area contributed by atoms with Crippen molar-refractivity contribution in [2.45, 2.75) is 19.2 Å². The van der Waals surface area contributed by atoms with Crippen LogP contribution in [0, 0.1) is 5.82 Å². The quantitative estimate of drug-likeness (QED) is 0.185. The first-order valence-electron chi connectivity index (χ1n) is 12.0. The topological polar surface area (TPSA) is 92.8 Å². The highest BCUT2D eigenvalue weighted by atomic mass is 19.4. The summed E-state index contributed by atoms with van der Waals surface area (Å²) in [6.07, 6.45) is -0.0935. The van der Waals surface area contributed by atoms with Gasteiger partial charge in [0.05, 0.1) is 22.4 Å². The van der Waals surface area contributed by atoms with Gasteiger partial charge in [-0.15, -0.1) is 13.2 Å². The largest absolute Gasteiger partial charge is 0.573 e. The van der Waals surface area contributed by atoms with Crippen molar-refractivity contribution in [1.82, 2.24) is 25.3 Å². The molecule has 0 bridgehead atoms. The van der Waals surface area contributed by atoms with Crippen LogP contribution in [0.2, 0.25) is 0 Å². The fourth-order valence-corrected chi connectivity index (χ4v) is 4.04. The third kappa shape index (κ3) is 6.38. The molecule has 2 heterocycles. The van der Waals surface area contributed by atoms with Gasteiger partial charge in [0.2, 0.25) is 0 Å². The Kier molecular flexibility index (Phi) is 7.22. The number of hydrogen-bond donors (Lipinski definition) is 2. The molecule has 198 valence electrons. The van der Waals surface area contributed by atoms with Crippen LogP contribution in [-0.4, -0.2) is 38.8 Å². The van der Waals surface area contributed by atoms with E-state index in [0.717, 1.165) is 5.82 Å². The predicted octanol–water partition coefficient (Wildman–Crippen LogP) is 6.09. The van der Waals surface area contributed by atoms with Gasteiger partial charge in [-0.3, -0.25) is 4.79 Å². The Morgan fingerprint density at radius 1 is 0.923 bits per heavy atom. The van der Waals surface area contributed by atoms with E-state index in [9.17, 15) is 22.4 Å². The van der Waals surface area contributed by atoms with Crippen LogP contribution in [0.1, 0.15) is 22.6 Å². The lowest BCUT2D eigenvalue weighted by Crippen LogP contribution is -2.24. The molecule has 2 aromatic heterocycles. The highest BCUT2D eigenvalue weighted by Crippen LogP contribution is 2.34. The van der Waals surface area contributed by atoms with Crippen LogP contribution >= 0.6 is 0 Å². The maximum atomic E-state index is 13.6. The number of nitrogens with zero attached hydrogens (tertiary/aromatic N) is 3. The Morgan fingerprint density at radius 2 is 1.69 bits per heavy atom. The van der Waals surface area contributed by atoms with Crippen molar-refractivity contribution in [3.05, 3.63) is 96.3 Å². The van der Waals surface area contributed by atoms with Crippen LogP contribution in [0.4, 0.5) is 17.6 Å². The van der Waals surface area contributed by atoms with Gasteiger partial charge in [-0.1, -0.05) is 12.1 Å². The summed E-state index contributed by atoms with van der Waals surface area (Å²) in [6.45, 7) is 0.435. The number of benzene rings is 3. The lowest BCUT2D eigenvalue weighted by Gasteiger charge is -2.13. The number of nitrogens with one attached hydrogen (secondary N) is 2. The molecule has 0 aliphatic rings. The van der Waals surface area contributed by atoms with Crippen molar-refractivity contribution < 1.29 is 27.1 Å². The molecule has 0 saturated heterocycles. The Labute approximate surface area is 219 Å². The normalized spacial score (nSPS) is 11.5. The molecule has 3 aromatic carbocycles. The number of aromatic nitrogens is 4. The molecule has 1 amide bonds. The summed E-state index contributed by atoms with van der Waals surface area (Å²) in [6, 6.07) is 15.7. The Hall–Kier alpha value is -4.80. The maximum absolute atomic E-state index is 13.6. The number of carbonyl (C=O) groups is 1. The van der Waals surface area contributed by atoms with Crippen molar-refractivity contribution in [2.75, 3.05) is 6.54 Å². The molecule has 0 saturated carbocycles. The molecule has 0 aliphatic heterocycles. The van der Waals surface area contributed by atoms with Crippen molar-refractivity contribution in [3.63, 3.8) is 0 Å². The van der Waals surface area contributed by atoms with Gasteiger partial charge in [-0.05, 0) is 61.0 Å². The SMILES string of the molecule is O=C(NCCCc1ncc[nH]1)c1ccc2nc(-c3ccc(F)cc3)c(-c3cccc(OC(F)(F)F)c3)nc2c1. The van der Waals surface area contributed by atoms with E-state index in [-0.39, 0.29) is 11.6 Å². The molecule has 39 heavy (non-hydrogen) atoms. The highest BCUT2D eigenvalue weighted by molar-refractivity contribution is 5.98. The van der Waals surface area contributed by atoms with Gasteiger partial charge >= 0.3 is 6.36 Å². The van der Waals surface area contributed by atoms with E-state index in [2.05, 4.69) is 30.0 Å². The Balaban J connectivity index is 1.48. The molecule has 0 spiro atoms. The maximum Gasteiger partial charge on any atom is 0.573 e. The summed E-state index contributed by atoms with van der Waals surface area (Å²) >= 11 is 0. The lowest BCUT2D eigenvalue weighted by molar-refractivity contribution is -0.274. The number of alkyl halides is 3. The van der Waals surface area contributed by atoms with E-state index in [0.29, 0.717) is 52.8 Å². The van der Waals surface area contributed by atoms with E-state index >= 15 is 0 Å². The monoisotopic (exact) mass is 535 g/mol. The summed E-state index contributed by atoms with van der Waals surface area (Å²) < 4.78 is 56.2. The average molecular weight is 536 g/mol. The van der Waals surface area contributed by atoms with Crippen molar-refractivity contribution in [2.24, 2.45) is 0 Å². The smallest absolute Gasteiger partial charge is 0.406 e. The average Bonchev–Trinajstić information content (AvgIpc) is 3.43. The second-order valence-electron chi connectivity index (χ2n) is 8.60. The fraction of sp³-hybridized carbons (Fsp3) is 0.143. The number of aromatic amines is 1. The molecule has 11 heteroatoms. The molecule has 0 atom stereocenters. The zero-order valence-electron chi connectivity index (χ0n) is 20.3. The minimum atomic E-state index is -4.87. The predicted molar refractivity (Wildman–Crippen MR) is 136 cm³/mol. The first-order chi connectivity index (χ1) is 18.7. The van der Waals surface area contributed by atoms with E-state index in [4.69, 9.17) is 0 Å². The van der Waals surface area contributed by atoms with Gasteiger partial charge in [0.25, 0.3) is 5.91 Å². The third-order valence-corrected chi connectivity index (χ3v) is 5.82. The van der Waals surface area contributed by atoms with Crippen LogP contribution in [-0.2, 0) is 6.42 Å². The van der Waals surface area contributed by atoms with Gasteiger partial charge in [0.1, 0.15) is 17.4 Å². The number of H-pyrrole nitrogens is 1. The number of amides is 1. The second kappa shape index (κ2) is 10.9. The summed E-state index contributed by atoms with van der Waals surface area (Å²) in [5, 5.41) is 2.86. The fourth-order valence-electron chi connectivity index (χ4n) is 4.04. The number of aryl methyl sites for hydroxylation is 1. The number of halogens is 4. The molecule has 5 rings (SSSR count). The second-order valence-corrected chi connectivity index (χ2v) is 8.60. The summed E-state index contributed by atoms with van der Waals surface area (Å²) in [5.74, 6) is -0.341. The van der Waals surface area contributed by atoms with Gasteiger partial charge in [-0.2, -0.15) is 0 Å². The highest BCUT2D eigenvalue weighted by Gasteiger charge is 2.31. The van der Waals surface area contributed by atoms with Gasteiger partial charge in [-0.25, -0.2) is 19.3 Å². The molecule has 0 unspecified atom stereocenters. The number of fused-ring (bicyclic) bond motifs is 1. The summed E-state index contributed by atoms with van der Waals surface area (Å²) in [5.41, 5.74) is 2.57. The zero-order chi connectivity index (χ0) is 27.4. The number of carbonyl (C=O) groups excluding carboxylic acids is 1. The molecule has 5 aromatic rings. The zero-order valence-corrected chi connectivity index (χ0v) is 20.3. The third-order valence-electron chi connectivity index (χ3n) is 5.82. The number of hydrogen-bond acceptors (Lipinski definition) is 5. The summed E-state index contributed by atoms with van der Waals surface area (Å²) in [7, 11) is 0.